The monoisotopic (exact) mass is 752 g/mol. The minimum Gasteiger partial charge on any atom is -0.439 e. The van der Waals surface area contributed by atoms with Crippen LogP contribution in [0.2, 0.25) is 0 Å². The van der Waals surface area contributed by atoms with Crippen molar-refractivity contribution in [2.75, 3.05) is 0 Å². The third kappa shape index (κ3) is 5.44. The maximum Gasteiger partial charge on any atom is 0.213 e. The lowest BCUT2D eigenvalue weighted by Gasteiger charge is -2.12. The first-order valence-corrected chi connectivity index (χ1v) is 20.2. The number of hydrogen-bond acceptors (Lipinski definition) is 1. The highest BCUT2D eigenvalue weighted by Crippen LogP contribution is 2.41. The van der Waals surface area contributed by atoms with Gasteiger partial charge in [0, 0.05) is 32.9 Å². The Balaban J connectivity index is 0.949. The molecule has 12 rings (SSSR count). The number of nitrogens with zero attached hydrogens (tertiary/aromatic N) is 2. The van der Waals surface area contributed by atoms with Gasteiger partial charge in [-0.25, -0.2) is 0 Å². The quantitative estimate of drug-likeness (QED) is 0.166. The molecule has 3 heteroatoms. The molecule has 0 amide bonds. The fraction of sp³-hybridized carbons (Fsp3) is 0. The van der Waals surface area contributed by atoms with Gasteiger partial charge in [-0.05, 0) is 105 Å². The number of rotatable bonds is 6. The molecule has 0 spiro atoms. The molecule has 0 saturated carbocycles. The Bertz CT molecular complexity index is 3420. The third-order valence-corrected chi connectivity index (χ3v) is 11.9. The maximum absolute atomic E-state index is 6.53. The summed E-state index contributed by atoms with van der Waals surface area (Å²) < 4.78 is 11.2. The van der Waals surface area contributed by atoms with Crippen LogP contribution < -0.4 is 0 Å². The van der Waals surface area contributed by atoms with E-state index in [4.69, 9.17) is 4.42 Å². The summed E-state index contributed by atoms with van der Waals surface area (Å²) in [5.41, 5.74) is 17.0. The third-order valence-electron chi connectivity index (χ3n) is 11.9. The summed E-state index contributed by atoms with van der Waals surface area (Å²) in [6, 6.07) is 78.7. The van der Waals surface area contributed by atoms with E-state index in [9.17, 15) is 0 Å². The molecule has 276 valence electrons. The molecule has 0 aliphatic rings. The average molecular weight is 753 g/mol. The molecule has 0 aliphatic carbocycles. The summed E-state index contributed by atoms with van der Waals surface area (Å²) in [6.07, 6.45) is 0. The molecule has 0 fully saturated rings. The number of hydrogen-bond donors (Lipinski definition) is 0. The molecule has 3 aromatic heterocycles. The standard InChI is InChI=1S/C56H36N2O/c1-4-13-37(14-5-1)42-28-31-51-49(34-42)50-35-43(38-15-6-2-7-16-38)29-32-52(50)57(51)46-20-12-17-41(33-46)39-23-25-40(26-24-39)44-27-30-47-53(36-44)58(45-18-8-3-9-19-45)56-55(47)48-21-10-11-22-54(48)59-56/h1-36H. The largest absolute Gasteiger partial charge is 0.439 e. The van der Waals surface area contributed by atoms with Crippen LogP contribution in [0.1, 0.15) is 0 Å². The summed E-state index contributed by atoms with van der Waals surface area (Å²) in [5.74, 6) is 0. The second-order valence-electron chi connectivity index (χ2n) is 15.3. The van der Waals surface area contributed by atoms with Gasteiger partial charge in [0.25, 0.3) is 0 Å². The first-order chi connectivity index (χ1) is 29.2. The normalized spacial score (nSPS) is 11.7. The molecule has 0 unspecified atom stereocenters. The van der Waals surface area contributed by atoms with Crippen LogP contribution in [0.25, 0.3) is 111 Å². The lowest BCUT2D eigenvalue weighted by Crippen LogP contribution is -1.94. The van der Waals surface area contributed by atoms with Crippen molar-refractivity contribution in [2.45, 2.75) is 0 Å². The van der Waals surface area contributed by atoms with E-state index in [-0.39, 0.29) is 0 Å². The first-order valence-electron chi connectivity index (χ1n) is 20.2. The van der Waals surface area contributed by atoms with E-state index in [0.29, 0.717) is 0 Å². The van der Waals surface area contributed by atoms with Crippen LogP contribution in [0, 0.1) is 0 Å². The Labute approximate surface area is 341 Å². The van der Waals surface area contributed by atoms with Crippen molar-refractivity contribution in [3.05, 3.63) is 218 Å². The molecule has 0 N–H and O–H groups in total. The fourth-order valence-corrected chi connectivity index (χ4v) is 9.10. The highest BCUT2D eigenvalue weighted by molar-refractivity contribution is 6.20. The highest BCUT2D eigenvalue weighted by Gasteiger charge is 2.20. The van der Waals surface area contributed by atoms with Gasteiger partial charge in [-0.2, -0.15) is 0 Å². The van der Waals surface area contributed by atoms with Crippen LogP contribution in [0.4, 0.5) is 0 Å². The number of aromatic nitrogens is 2. The minimum atomic E-state index is 0.872. The van der Waals surface area contributed by atoms with Crippen molar-refractivity contribution >= 4 is 54.8 Å². The van der Waals surface area contributed by atoms with Crippen molar-refractivity contribution < 1.29 is 4.42 Å². The number of para-hydroxylation sites is 2. The molecule has 0 aliphatic heterocycles. The van der Waals surface area contributed by atoms with Gasteiger partial charge in [0.15, 0.2) is 0 Å². The Morgan fingerprint density at radius 3 is 1.39 bits per heavy atom. The Kier molecular flexibility index (Phi) is 7.54. The molecule has 3 nitrogen and oxygen atoms in total. The molecule has 0 bridgehead atoms. The lowest BCUT2D eigenvalue weighted by atomic mass is 9.99. The van der Waals surface area contributed by atoms with Crippen molar-refractivity contribution in [2.24, 2.45) is 0 Å². The van der Waals surface area contributed by atoms with Crippen LogP contribution >= 0.6 is 0 Å². The molecule has 0 atom stereocenters. The Morgan fingerprint density at radius 1 is 0.271 bits per heavy atom. The van der Waals surface area contributed by atoms with Crippen molar-refractivity contribution in [1.29, 1.82) is 0 Å². The predicted molar refractivity (Wildman–Crippen MR) is 247 cm³/mol. The fourth-order valence-electron chi connectivity index (χ4n) is 9.10. The highest BCUT2D eigenvalue weighted by atomic mass is 16.3. The van der Waals surface area contributed by atoms with E-state index in [0.717, 1.165) is 44.5 Å². The number of furan rings is 1. The van der Waals surface area contributed by atoms with Crippen LogP contribution in [0.15, 0.2) is 223 Å². The summed E-state index contributed by atoms with van der Waals surface area (Å²) in [4.78, 5) is 0. The maximum atomic E-state index is 6.53. The molecular weight excluding hydrogens is 717 g/mol. The second kappa shape index (κ2) is 13.4. The van der Waals surface area contributed by atoms with Gasteiger partial charge in [0.1, 0.15) is 5.58 Å². The molecule has 12 aromatic rings. The van der Waals surface area contributed by atoms with Gasteiger partial charge in [-0.1, -0.05) is 158 Å². The minimum absolute atomic E-state index is 0.872. The number of fused-ring (bicyclic) bond motifs is 8. The lowest BCUT2D eigenvalue weighted by molar-refractivity contribution is 0.645. The van der Waals surface area contributed by atoms with E-state index < -0.39 is 0 Å². The molecule has 0 saturated heterocycles. The SMILES string of the molecule is c1ccc(-c2ccc3c(c2)c2cc(-c4ccccc4)ccc2n3-c2cccc(-c3ccc(-c4ccc5c6c7ccccc7oc6n(-c6ccccc6)c5c4)cc3)c2)cc1. The number of benzene rings is 9. The van der Waals surface area contributed by atoms with Gasteiger partial charge in [0.2, 0.25) is 5.71 Å². The van der Waals surface area contributed by atoms with Crippen LogP contribution in [0.5, 0.6) is 0 Å². The molecule has 3 heterocycles. The van der Waals surface area contributed by atoms with Crippen molar-refractivity contribution in [1.82, 2.24) is 9.13 Å². The molecule has 9 aromatic carbocycles. The summed E-state index contributed by atoms with van der Waals surface area (Å²) >= 11 is 0. The zero-order valence-corrected chi connectivity index (χ0v) is 32.1. The van der Waals surface area contributed by atoms with E-state index in [1.807, 2.05) is 12.1 Å². The summed E-state index contributed by atoms with van der Waals surface area (Å²) in [7, 11) is 0. The van der Waals surface area contributed by atoms with Crippen LogP contribution in [0.3, 0.4) is 0 Å². The average Bonchev–Trinajstić information content (AvgIpc) is 3.96. The van der Waals surface area contributed by atoms with Crippen molar-refractivity contribution in [3.8, 4) is 55.9 Å². The van der Waals surface area contributed by atoms with E-state index in [1.54, 1.807) is 0 Å². The second-order valence-corrected chi connectivity index (χ2v) is 15.3. The van der Waals surface area contributed by atoms with Gasteiger partial charge < -0.3 is 8.98 Å². The topological polar surface area (TPSA) is 23.0 Å². The predicted octanol–water partition coefficient (Wildman–Crippen LogP) is 15.3. The van der Waals surface area contributed by atoms with Crippen LogP contribution in [-0.2, 0) is 0 Å². The van der Waals surface area contributed by atoms with Crippen LogP contribution in [-0.4, -0.2) is 9.13 Å². The van der Waals surface area contributed by atoms with E-state index in [1.165, 1.54) is 66.1 Å². The zero-order valence-electron chi connectivity index (χ0n) is 32.1. The van der Waals surface area contributed by atoms with E-state index >= 15 is 0 Å². The molecule has 59 heavy (non-hydrogen) atoms. The van der Waals surface area contributed by atoms with Gasteiger partial charge in [-0.3, -0.25) is 4.57 Å². The van der Waals surface area contributed by atoms with Gasteiger partial charge >= 0.3 is 0 Å². The Hall–Kier alpha value is -7.88. The molecule has 0 radical (unpaired) electrons. The van der Waals surface area contributed by atoms with Gasteiger partial charge in [0.05, 0.1) is 21.9 Å². The zero-order chi connectivity index (χ0) is 38.9. The van der Waals surface area contributed by atoms with Gasteiger partial charge in [-0.15, -0.1) is 0 Å². The Morgan fingerprint density at radius 2 is 0.746 bits per heavy atom. The first kappa shape index (κ1) is 33.3. The molecular formula is C56H36N2O. The smallest absolute Gasteiger partial charge is 0.213 e. The van der Waals surface area contributed by atoms with E-state index in [2.05, 4.69) is 215 Å². The summed E-state index contributed by atoms with van der Waals surface area (Å²) in [5, 5.41) is 5.95. The summed E-state index contributed by atoms with van der Waals surface area (Å²) in [6.45, 7) is 0. The van der Waals surface area contributed by atoms with Crippen molar-refractivity contribution in [3.63, 3.8) is 0 Å².